The van der Waals surface area contributed by atoms with Crippen molar-refractivity contribution in [3.05, 3.63) is 47.8 Å². The van der Waals surface area contributed by atoms with Crippen LogP contribution in [0.15, 0.2) is 36.4 Å². The molecule has 0 spiro atoms. The van der Waals surface area contributed by atoms with E-state index in [1.54, 1.807) is 11.0 Å². The Morgan fingerprint density at radius 3 is 2.36 bits per heavy atom. The molecule has 1 atom stereocenters. The fraction of sp³-hybridized carbons (Fsp3) is 0.538. The van der Waals surface area contributed by atoms with E-state index < -0.39 is 18.1 Å². The summed E-state index contributed by atoms with van der Waals surface area (Å²) in [5.74, 6) is 0.280. The van der Waals surface area contributed by atoms with Crippen LogP contribution in [-0.4, -0.2) is 99.1 Å². The summed E-state index contributed by atoms with van der Waals surface area (Å²) in [5.41, 5.74) is 1.28. The van der Waals surface area contributed by atoms with Gasteiger partial charge in [0.1, 0.15) is 24.3 Å². The molecule has 1 N–H and O–H groups in total. The molecular weight excluding hydrogens is 515 g/mol. The molecule has 5 rings (SSSR count). The number of aliphatic hydroxyl groups is 1. The number of aromatic nitrogens is 4. The van der Waals surface area contributed by atoms with Crippen molar-refractivity contribution < 1.29 is 27.8 Å². The highest BCUT2D eigenvalue weighted by Gasteiger charge is 2.38. The van der Waals surface area contributed by atoms with Crippen molar-refractivity contribution in [2.45, 2.75) is 38.0 Å². The van der Waals surface area contributed by atoms with Gasteiger partial charge in [-0.1, -0.05) is 12.1 Å². The van der Waals surface area contributed by atoms with Crippen molar-refractivity contribution in [2.75, 3.05) is 57.3 Å². The highest BCUT2D eigenvalue weighted by atomic mass is 19.4. The first-order chi connectivity index (χ1) is 18.7. The number of ether oxygens (including phenoxy) is 1. The number of alkyl halides is 3. The zero-order chi connectivity index (χ0) is 27.6. The molecule has 0 aliphatic carbocycles. The first kappa shape index (κ1) is 27.1. The maximum Gasteiger partial charge on any atom is 0.453 e. The quantitative estimate of drug-likeness (QED) is 0.482. The number of carbonyl (C=O) groups excluding carboxylic acids is 1. The Labute approximate surface area is 224 Å². The van der Waals surface area contributed by atoms with Crippen molar-refractivity contribution in [1.29, 1.82) is 0 Å². The molecule has 0 bridgehead atoms. The van der Waals surface area contributed by atoms with E-state index in [-0.39, 0.29) is 11.6 Å². The van der Waals surface area contributed by atoms with Crippen LogP contribution in [0, 0.1) is 0 Å². The molecule has 4 heterocycles. The molecule has 13 heteroatoms. The predicted molar refractivity (Wildman–Crippen MR) is 137 cm³/mol. The van der Waals surface area contributed by atoms with Gasteiger partial charge in [-0.3, -0.25) is 9.69 Å². The van der Waals surface area contributed by atoms with Crippen LogP contribution in [0.4, 0.5) is 19.0 Å². The van der Waals surface area contributed by atoms with Crippen LogP contribution < -0.4 is 9.64 Å². The van der Waals surface area contributed by atoms with Gasteiger partial charge in [0.15, 0.2) is 5.65 Å². The van der Waals surface area contributed by atoms with Gasteiger partial charge in [0.2, 0.25) is 0 Å². The molecule has 1 unspecified atom stereocenters. The molecule has 3 aromatic rings. The van der Waals surface area contributed by atoms with Crippen molar-refractivity contribution in [2.24, 2.45) is 0 Å². The van der Waals surface area contributed by atoms with Crippen LogP contribution in [0.25, 0.3) is 5.65 Å². The minimum Gasteiger partial charge on any atom is -0.492 e. The maximum atomic E-state index is 13.2. The third-order valence-corrected chi connectivity index (χ3v) is 7.39. The number of piperazine rings is 1. The second-order valence-corrected chi connectivity index (χ2v) is 10.0. The summed E-state index contributed by atoms with van der Waals surface area (Å²) in [7, 11) is 0. The number of benzene rings is 1. The summed E-state index contributed by atoms with van der Waals surface area (Å²) >= 11 is 0. The summed E-state index contributed by atoms with van der Waals surface area (Å²) in [6.07, 6.45) is -3.86. The van der Waals surface area contributed by atoms with E-state index in [0.29, 0.717) is 44.5 Å². The Bertz CT molecular complexity index is 1270. The number of anilines is 1. The number of hydrogen-bond donors (Lipinski definition) is 1. The number of piperidine rings is 1. The summed E-state index contributed by atoms with van der Waals surface area (Å²) in [5, 5.41) is 20.4. The second kappa shape index (κ2) is 11.3. The number of hydrogen-bond acceptors (Lipinski definition) is 8. The van der Waals surface area contributed by atoms with E-state index in [1.807, 2.05) is 17.0 Å². The molecule has 1 amide bonds. The van der Waals surface area contributed by atoms with Crippen molar-refractivity contribution in [1.82, 2.24) is 29.6 Å². The average Bonchev–Trinajstić information content (AvgIpc) is 3.38. The molecule has 39 heavy (non-hydrogen) atoms. The lowest BCUT2D eigenvalue weighted by molar-refractivity contribution is -0.146. The summed E-state index contributed by atoms with van der Waals surface area (Å²) in [6.45, 7) is 6.89. The van der Waals surface area contributed by atoms with Crippen molar-refractivity contribution in [3.63, 3.8) is 0 Å². The van der Waals surface area contributed by atoms with Gasteiger partial charge < -0.3 is 19.6 Å². The fourth-order valence-corrected chi connectivity index (χ4v) is 5.15. The van der Waals surface area contributed by atoms with Crippen LogP contribution in [0.1, 0.15) is 37.1 Å². The topological polar surface area (TPSA) is 99.3 Å². The molecule has 2 aromatic heterocycles. The highest BCUT2D eigenvalue weighted by Crippen LogP contribution is 2.32. The number of halogens is 3. The third-order valence-electron chi connectivity index (χ3n) is 7.39. The molecule has 2 saturated heterocycles. The zero-order valence-electron chi connectivity index (χ0n) is 21.7. The lowest BCUT2D eigenvalue weighted by Crippen LogP contribution is -2.51. The highest BCUT2D eigenvalue weighted by molar-refractivity contribution is 5.80. The van der Waals surface area contributed by atoms with Crippen LogP contribution in [0.5, 0.6) is 5.75 Å². The van der Waals surface area contributed by atoms with Gasteiger partial charge in [0.05, 0.1) is 0 Å². The molecule has 0 radical (unpaired) electrons. The molecular formula is C26H32F3N7O3. The van der Waals surface area contributed by atoms with E-state index in [0.717, 1.165) is 42.7 Å². The lowest BCUT2D eigenvalue weighted by Gasteiger charge is -2.35. The van der Waals surface area contributed by atoms with Crippen LogP contribution >= 0.6 is 0 Å². The van der Waals surface area contributed by atoms with Gasteiger partial charge in [-0.25, -0.2) is 0 Å². The smallest absolute Gasteiger partial charge is 0.453 e. The Morgan fingerprint density at radius 2 is 1.72 bits per heavy atom. The predicted octanol–water partition coefficient (Wildman–Crippen LogP) is 2.43. The third kappa shape index (κ3) is 6.25. The normalized spacial score (nSPS) is 18.5. The Balaban J connectivity index is 1.08. The number of fused-ring (bicyclic) bond motifs is 1. The Kier molecular flexibility index (Phi) is 7.89. The number of aliphatic hydroxyl groups excluding tert-OH is 1. The first-order valence-electron chi connectivity index (χ1n) is 13.2. The summed E-state index contributed by atoms with van der Waals surface area (Å²) < 4.78 is 46.3. The van der Waals surface area contributed by atoms with Gasteiger partial charge in [-0.05, 0) is 55.5 Å². The standard InChI is InChI=1S/C26H32F3N7O3/c1-18(37)24(38)35-14-12-33(13-15-35)16-17-39-21-4-2-19(3-5-21)20-8-10-34(11-9-20)23-7-6-22-30-31-25(26(27,28)29)36(22)32-23/h2-7,18,20,37H,8-17H2,1H3. The minimum absolute atomic E-state index is 0.0649. The molecule has 10 nitrogen and oxygen atoms in total. The van der Waals surface area contributed by atoms with Gasteiger partial charge in [-0.2, -0.15) is 17.7 Å². The van der Waals surface area contributed by atoms with Gasteiger partial charge in [0, 0.05) is 45.8 Å². The van der Waals surface area contributed by atoms with Gasteiger partial charge in [0.25, 0.3) is 11.7 Å². The van der Waals surface area contributed by atoms with Gasteiger partial charge in [-0.15, -0.1) is 15.3 Å². The molecule has 0 saturated carbocycles. The Hall–Kier alpha value is -3.45. The van der Waals surface area contributed by atoms with E-state index in [1.165, 1.54) is 18.6 Å². The largest absolute Gasteiger partial charge is 0.492 e. The first-order valence-corrected chi connectivity index (χ1v) is 13.2. The maximum absolute atomic E-state index is 13.2. The number of nitrogens with zero attached hydrogens (tertiary/aromatic N) is 7. The van der Waals surface area contributed by atoms with E-state index in [2.05, 4.69) is 32.3 Å². The number of carbonyl (C=O) groups is 1. The number of rotatable bonds is 7. The second-order valence-electron chi connectivity index (χ2n) is 10.0. The molecule has 2 fully saturated rings. The van der Waals surface area contributed by atoms with E-state index in [9.17, 15) is 23.1 Å². The zero-order valence-corrected chi connectivity index (χ0v) is 21.7. The molecule has 2 aliphatic rings. The SMILES string of the molecule is CC(O)C(=O)N1CCN(CCOc2ccc(C3CCN(c4ccc5nnc(C(F)(F)F)n5n4)CC3)cc2)CC1. The van der Waals surface area contributed by atoms with Gasteiger partial charge >= 0.3 is 6.18 Å². The van der Waals surface area contributed by atoms with Crippen molar-refractivity contribution >= 4 is 17.4 Å². The Morgan fingerprint density at radius 1 is 1.03 bits per heavy atom. The molecule has 2 aliphatic heterocycles. The minimum atomic E-state index is -4.62. The fourth-order valence-electron chi connectivity index (χ4n) is 5.15. The van der Waals surface area contributed by atoms with Crippen molar-refractivity contribution in [3.8, 4) is 5.75 Å². The monoisotopic (exact) mass is 547 g/mol. The van der Waals surface area contributed by atoms with E-state index >= 15 is 0 Å². The molecule has 210 valence electrons. The number of amides is 1. The van der Waals surface area contributed by atoms with Crippen LogP contribution in [0.2, 0.25) is 0 Å². The average molecular weight is 548 g/mol. The molecule has 1 aromatic carbocycles. The van der Waals surface area contributed by atoms with Crippen LogP contribution in [-0.2, 0) is 11.0 Å². The van der Waals surface area contributed by atoms with E-state index in [4.69, 9.17) is 4.74 Å². The lowest BCUT2D eigenvalue weighted by atomic mass is 9.89. The summed E-state index contributed by atoms with van der Waals surface area (Å²) in [4.78, 5) is 17.8. The van der Waals surface area contributed by atoms with Crippen LogP contribution in [0.3, 0.4) is 0 Å². The summed E-state index contributed by atoms with van der Waals surface area (Å²) in [6, 6.07) is 11.3.